The zero-order valence-electron chi connectivity index (χ0n) is 14.8. The Bertz CT molecular complexity index is 741. The van der Waals surface area contributed by atoms with Crippen LogP contribution in [-0.2, 0) is 11.2 Å². The number of amides is 1. The van der Waals surface area contributed by atoms with Crippen molar-refractivity contribution in [1.29, 1.82) is 0 Å². The van der Waals surface area contributed by atoms with Gasteiger partial charge in [-0.15, -0.1) is 0 Å². The molecule has 1 aromatic carbocycles. The van der Waals surface area contributed by atoms with Crippen molar-refractivity contribution in [1.82, 2.24) is 14.9 Å². The second-order valence-corrected chi connectivity index (χ2v) is 6.84. The molecule has 0 spiro atoms. The van der Waals surface area contributed by atoms with Crippen LogP contribution in [0, 0.1) is 5.82 Å². The Kier molecular flexibility index (Phi) is 5.46. The van der Waals surface area contributed by atoms with Crippen LogP contribution < -0.4 is 4.90 Å². The normalized spacial score (nSPS) is 19.6. The third kappa shape index (κ3) is 4.54. The first-order chi connectivity index (χ1) is 12.5. The Morgan fingerprint density at radius 3 is 2.81 bits per heavy atom. The van der Waals surface area contributed by atoms with Crippen molar-refractivity contribution in [2.24, 2.45) is 0 Å². The third-order valence-electron chi connectivity index (χ3n) is 4.70. The summed E-state index contributed by atoms with van der Waals surface area (Å²) in [6.45, 7) is 1.36. The average molecular weight is 358 g/mol. The molecule has 2 aromatic rings. The molecule has 1 amide bonds. The van der Waals surface area contributed by atoms with E-state index < -0.39 is 5.60 Å². The van der Waals surface area contributed by atoms with Gasteiger partial charge >= 0.3 is 0 Å². The van der Waals surface area contributed by atoms with E-state index in [9.17, 15) is 14.3 Å². The predicted octanol–water partition coefficient (Wildman–Crippen LogP) is 1.65. The number of aromatic nitrogens is 2. The van der Waals surface area contributed by atoms with Crippen LogP contribution in [0.2, 0.25) is 0 Å². The van der Waals surface area contributed by atoms with Crippen molar-refractivity contribution in [2.75, 3.05) is 31.6 Å². The molecule has 1 aliphatic rings. The fourth-order valence-corrected chi connectivity index (χ4v) is 3.26. The van der Waals surface area contributed by atoms with Gasteiger partial charge in [-0.3, -0.25) is 9.78 Å². The molecule has 0 saturated carbocycles. The zero-order valence-corrected chi connectivity index (χ0v) is 14.8. The van der Waals surface area contributed by atoms with Gasteiger partial charge in [0, 0.05) is 39.0 Å². The lowest BCUT2D eigenvalue weighted by molar-refractivity contribution is -0.132. The van der Waals surface area contributed by atoms with Crippen molar-refractivity contribution in [2.45, 2.75) is 24.9 Å². The van der Waals surface area contributed by atoms with Gasteiger partial charge < -0.3 is 14.9 Å². The quantitative estimate of drug-likeness (QED) is 0.850. The number of carbonyl (C=O) groups is 1. The van der Waals surface area contributed by atoms with Crippen LogP contribution in [0.15, 0.2) is 42.9 Å². The molecule has 6 nitrogen and oxygen atoms in total. The molecule has 138 valence electrons. The van der Waals surface area contributed by atoms with E-state index in [0.717, 1.165) is 11.4 Å². The highest BCUT2D eigenvalue weighted by atomic mass is 19.1. The van der Waals surface area contributed by atoms with Gasteiger partial charge in [-0.05, 0) is 30.5 Å². The minimum absolute atomic E-state index is 0.0410. The van der Waals surface area contributed by atoms with Gasteiger partial charge in [-0.2, -0.15) is 0 Å². The van der Waals surface area contributed by atoms with Gasteiger partial charge in [0.15, 0.2) is 0 Å². The molecule has 1 fully saturated rings. The highest BCUT2D eigenvalue weighted by Gasteiger charge is 2.38. The Hall–Kier alpha value is -2.54. The lowest BCUT2D eigenvalue weighted by Gasteiger charge is -2.29. The summed E-state index contributed by atoms with van der Waals surface area (Å²) in [5, 5.41) is 10.8. The molecule has 1 N–H and O–H groups in total. The molecule has 0 aliphatic carbocycles. The molecule has 1 saturated heterocycles. The highest BCUT2D eigenvalue weighted by Crippen LogP contribution is 2.25. The van der Waals surface area contributed by atoms with Crippen LogP contribution in [0.3, 0.4) is 0 Å². The molecule has 0 radical (unpaired) electrons. The first-order valence-electron chi connectivity index (χ1n) is 8.67. The summed E-state index contributed by atoms with van der Waals surface area (Å²) in [7, 11) is 1.70. The van der Waals surface area contributed by atoms with Gasteiger partial charge in [0.1, 0.15) is 17.2 Å². The number of carbonyl (C=O) groups excluding carboxylic acids is 1. The number of benzene rings is 1. The second-order valence-electron chi connectivity index (χ2n) is 6.84. The van der Waals surface area contributed by atoms with Crippen molar-refractivity contribution in [3.05, 3.63) is 54.2 Å². The number of β-amino-alcohol motifs (C(OH)–C–C–N with tert-alkyl or cyclic N) is 1. The number of rotatable bonds is 6. The van der Waals surface area contributed by atoms with Gasteiger partial charge in [-0.25, -0.2) is 9.37 Å². The Balaban J connectivity index is 1.51. The largest absolute Gasteiger partial charge is 0.386 e. The van der Waals surface area contributed by atoms with Crippen LogP contribution in [0.1, 0.15) is 18.4 Å². The summed E-state index contributed by atoms with van der Waals surface area (Å²) in [6.07, 6.45) is 6.35. The number of nitrogens with zero attached hydrogens (tertiary/aromatic N) is 4. The van der Waals surface area contributed by atoms with E-state index in [4.69, 9.17) is 0 Å². The zero-order chi connectivity index (χ0) is 18.6. The van der Waals surface area contributed by atoms with E-state index in [-0.39, 0.29) is 18.3 Å². The number of hydrogen-bond acceptors (Lipinski definition) is 5. The lowest BCUT2D eigenvalue weighted by atomic mass is 10.0. The molecule has 1 unspecified atom stereocenters. The molecule has 26 heavy (non-hydrogen) atoms. The Morgan fingerprint density at radius 2 is 2.12 bits per heavy atom. The van der Waals surface area contributed by atoms with Gasteiger partial charge in [-0.1, -0.05) is 12.1 Å². The summed E-state index contributed by atoms with van der Waals surface area (Å²) in [6, 6.07) is 6.16. The lowest BCUT2D eigenvalue weighted by Crippen LogP contribution is -2.46. The molecule has 7 heteroatoms. The smallest absolute Gasteiger partial charge is 0.222 e. The van der Waals surface area contributed by atoms with Gasteiger partial charge in [0.25, 0.3) is 0 Å². The number of halogens is 1. The number of aliphatic hydroxyl groups is 1. The van der Waals surface area contributed by atoms with Crippen molar-refractivity contribution < 1.29 is 14.3 Å². The molecular formula is C19H23FN4O2. The van der Waals surface area contributed by atoms with E-state index in [1.165, 1.54) is 12.1 Å². The molecule has 3 rings (SSSR count). The van der Waals surface area contributed by atoms with E-state index in [1.807, 2.05) is 4.90 Å². The summed E-state index contributed by atoms with van der Waals surface area (Å²) in [5.74, 6) is 0.405. The van der Waals surface area contributed by atoms with Crippen LogP contribution in [-0.4, -0.2) is 58.2 Å². The predicted molar refractivity (Wildman–Crippen MR) is 96.2 cm³/mol. The first-order valence-corrected chi connectivity index (χ1v) is 8.67. The molecule has 1 aromatic heterocycles. The standard InChI is InChI=1S/C19H23FN4O2/c1-23(18(25)7-4-15-2-5-16(20)6-3-15)13-19(26)8-11-24(14-19)17-12-21-9-10-22-17/h2-3,5-6,9-10,12,26H,4,7-8,11,13-14H2,1H3. The minimum Gasteiger partial charge on any atom is -0.386 e. The third-order valence-corrected chi connectivity index (χ3v) is 4.70. The average Bonchev–Trinajstić information content (AvgIpc) is 3.03. The maximum atomic E-state index is 12.9. The Morgan fingerprint density at radius 1 is 1.35 bits per heavy atom. The second kappa shape index (κ2) is 7.78. The SMILES string of the molecule is CN(CC1(O)CCN(c2cnccn2)C1)C(=O)CCc1ccc(F)cc1. The Labute approximate surface area is 152 Å². The van der Waals surface area contributed by atoms with E-state index in [2.05, 4.69) is 9.97 Å². The fraction of sp³-hybridized carbons (Fsp3) is 0.421. The molecule has 0 bridgehead atoms. The van der Waals surface area contributed by atoms with Crippen LogP contribution in [0.4, 0.5) is 10.2 Å². The summed E-state index contributed by atoms with van der Waals surface area (Å²) >= 11 is 0. The van der Waals surface area contributed by atoms with E-state index >= 15 is 0 Å². The van der Waals surface area contributed by atoms with Gasteiger partial charge in [0.2, 0.25) is 5.91 Å². The maximum absolute atomic E-state index is 12.9. The van der Waals surface area contributed by atoms with E-state index in [1.54, 1.807) is 42.7 Å². The van der Waals surface area contributed by atoms with Crippen LogP contribution in [0.5, 0.6) is 0 Å². The van der Waals surface area contributed by atoms with Crippen LogP contribution >= 0.6 is 0 Å². The van der Waals surface area contributed by atoms with Gasteiger partial charge in [0.05, 0.1) is 12.7 Å². The molecular weight excluding hydrogens is 335 g/mol. The number of aryl methyl sites for hydroxylation is 1. The minimum atomic E-state index is -0.961. The van der Waals surface area contributed by atoms with Crippen LogP contribution in [0.25, 0.3) is 0 Å². The molecule has 2 heterocycles. The van der Waals surface area contributed by atoms with E-state index in [0.29, 0.717) is 32.4 Å². The molecule has 1 atom stereocenters. The monoisotopic (exact) mass is 358 g/mol. The van der Waals surface area contributed by atoms with Crippen molar-refractivity contribution in [3.63, 3.8) is 0 Å². The van der Waals surface area contributed by atoms with Crippen molar-refractivity contribution >= 4 is 11.7 Å². The fourth-order valence-electron chi connectivity index (χ4n) is 3.26. The maximum Gasteiger partial charge on any atom is 0.222 e. The topological polar surface area (TPSA) is 69.6 Å². The molecule has 1 aliphatic heterocycles. The summed E-state index contributed by atoms with van der Waals surface area (Å²) in [4.78, 5) is 24.2. The van der Waals surface area contributed by atoms with Crippen molar-refractivity contribution in [3.8, 4) is 0 Å². The number of hydrogen-bond donors (Lipinski definition) is 1. The summed E-state index contributed by atoms with van der Waals surface area (Å²) in [5.41, 5.74) is -0.0424. The highest BCUT2D eigenvalue weighted by molar-refractivity contribution is 5.76. The first kappa shape index (κ1) is 18.3. The number of likely N-dealkylation sites (N-methyl/N-ethyl adjacent to an activating group) is 1. The summed E-state index contributed by atoms with van der Waals surface area (Å²) < 4.78 is 12.9. The number of anilines is 1.